The summed E-state index contributed by atoms with van der Waals surface area (Å²) in [5.74, 6) is 0.816. The maximum absolute atomic E-state index is 6.43. The van der Waals surface area contributed by atoms with E-state index in [4.69, 9.17) is 10.5 Å². The molecule has 0 aliphatic heterocycles. The van der Waals surface area contributed by atoms with Gasteiger partial charge in [0.25, 0.3) is 0 Å². The summed E-state index contributed by atoms with van der Waals surface area (Å²) in [4.78, 5) is 0. The van der Waals surface area contributed by atoms with E-state index in [2.05, 4.69) is 50.9 Å². The third-order valence-corrected chi connectivity index (χ3v) is 4.58. The standard InChI is InChI=1S/C16H17Br2NO/c1-9-4-11(7-12(17)5-9)16(19)13-8-14(18)10(2)6-15(13)20-3/h4-8,16H,19H2,1-3H3. The lowest BCUT2D eigenvalue weighted by Gasteiger charge is -2.18. The van der Waals surface area contributed by atoms with E-state index in [0.29, 0.717) is 0 Å². The Hall–Kier alpha value is -0.840. The predicted octanol–water partition coefficient (Wildman–Crippen LogP) is 4.89. The zero-order valence-electron chi connectivity index (χ0n) is 11.7. The molecule has 0 heterocycles. The van der Waals surface area contributed by atoms with Crippen molar-refractivity contribution in [1.82, 2.24) is 0 Å². The number of hydrogen-bond acceptors (Lipinski definition) is 2. The summed E-state index contributed by atoms with van der Waals surface area (Å²) in [5.41, 5.74) is 10.8. The normalized spacial score (nSPS) is 12.3. The molecule has 0 aliphatic rings. The average molecular weight is 399 g/mol. The van der Waals surface area contributed by atoms with Crippen molar-refractivity contribution in [2.24, 2.45) is 5.73 Å². The molecule has 0 bridgehead atoms. The lowest BCUT2D eigenvalue weighted by molar-refractivity contribution is 0.407. The average Bonchev–Trinajstić information content (AvgIpc) is 2.39. The van der Waals surface area contributed by atoms with E-state index in [1.54, 1.807) is 7.11 Å². The van der Waals surface area contributed by atoms with Crippen molar-refractivity contribution >= 4 is 31.9 Å². The van der Waals surface area contributed by atoms with E-state index in [0.717, 1.165) is 31.4 Å². The highest BCUT2D eigenvalue weighted by Crippen LogP contribution is 2.34. The fourth-order valence-electron chi connectivity index (χ4n) is 2.21. The van der Waals surface area contributed by atoms with Gasteiger partial charge in [-0.05, 0) is 54.8 Å². The first-order valence-corrected chi connectivity index (χ1v) is 7.87. The van der Waals surface area contributed by atoms with Gasteiger partial charge in [0.1, 0.15) is 5.75 Å². The fraction of sp³-hybridized carbons (Fsp3) is 0.250. The molecular formula is C16H17Br2NO. The highest BCUT2D eigenvalue weighted by Gasteiger charge is 2.16. The van der Waals surface area contributed by atoms with Crippen molar-refractivity contribution in [2.75, 3.05) is 7.11 Å². The smallest absolute Gasteiger partial charge is 0.124 e. The molecule has 0 amide bonds. The van der Waals surface area contributed by atoms with E-state index in [9.17, 15) is 0 Å². The summed E-state index contributed by atoms with van der Waals surface area (Å²) in [6.07, 6.45) is 0. The largest absolute Gasteiger partial charge is 0.496 e. The van der Waals surface area contributed by atoms with Crippen molar-refractivity contribution in [3.63, 3.8) is 0 Å². The molecule has 2 rings (SSSR count). The molecule has 2 nitrogen and oxygen atoms in total. The highest BCUT2D eigenvalue weighted by atomic mass is 79.9. The Balaban J connectivity index is 2.52. The first kappa shape index (κ1) is 15.5. The quantitative estimate of drug-likeness (QED) is 0.799. The minimum Gasteiger partial charge on any atom is -0.496 e. The lowest BCUT2D eigenvalue weighted by Crippen LogP contribution is -2.13. The SMILES string of the molecule is COc1cc(C)c(Br)cc1C(N)c1cc(C)cc(Br)c1. The Bertz CT molecular complexity index is 620. The Morgan fingerprint density at radius 2 is 1.75 bits per heavy atom. The summed E-state index contributed by atoms with van der Waals surface area (Å²) in [6, 6.07) is 10.0. The molecule has 2 aromatic carbocycles. The molecule has 0 radical (unpaired) electrons. The summed E-state index contributed by atoms with van der Waals surface area (Å²) in [7, 11) is 1.67. The lowest BCUT2D eigenvalue weighted by atomic mass is 9.96. The van der Waals surface area contributed by atoms with Crippen LogP contribution in [0.4, 0.5) is 0 Å². The predicted molar refractivity (Wildman–Crippen MR) is 90.3 cm³/mol. The van der Waals surface area contributed by atoms with Gasteiger partial charge in [-0.25, -0.2) is 0 Å². The van der Waals surface area contributed by atoms with Gasteiger partial charge in [0.15, 0.2) is 0 Å². The van der Waals surface area contributed by atoms with Crippen LogP contribution in [0.15, 0.2) is 39.3 Å². The van der Waals surface area contributed by atoms with Gasteiger partial charge in [-0.3, -0.25) is 0 Å². The molecule has 0 saturated heterocycles. The number of halogens is 2. The van der Waals surface area contributed by atoms with Crippen LogP contribution < -0.4 is 10.5 Å². The molecule has 4 heteroatoms. The molecule has 0 spiro atoms. The summed E-state index contributed by atoms with van der Waals surface area (Å²) >= 11 is 7.08. The van der Waals surface area contributed by atoms with Crippen LogP contribution in [0, 0.1) is 13.8 Å². The zero-order valence-corrected chi connectivity index (χ0v) is 14.9. The van der Waals surface area contributed by atoms with Gasteiger partial charge < -0.3 is 10.5 Å². The second kappa shape index (κ2) is 6.29. The molecule has 2 aromatic rings. The number of ether oxygens (including phenoxy) is 1. The van der Waals surface area contributed by atoms with Crippen molar-refractivity contribution in [1.29, 1.82) is 0 Å². The fourth-order valence-corrected chi connectivity index (χ4v) is 3.20. The minimum absolute atomic E-state index is 0.224. The van der Waals surface area contributed by atoms with Crippen LogP contribution in [0.5, 0.6) is 5.75 Å². The molecule has 106 valence electrons. The second-order valence-electron chi connectivity index (χ2n) is 4.88. The molecule has 1 atom stereocenters. The van der Waals surface area contributed by atoms with Gasteiger partial charge in [-0.2, -0.15) is 0 Å². The maximum Gasteiger partial charge on any atom is 0.124 e. The van der Waals surface area contributed by atoms with Crippen LogP contribution in [0.1, 0.15) is 28.3 Å². The summed E-state index contributed by atoms with van der Waals surface area (Å²) < 4.78 is 7.54. The van der Waals surface area contributed by atoms with Crippen LogP contribution in [-0.4, -0.2) is 7.11 Å². The number of benzene rings is 2. The van der Waals surface area contributed by atoms with Gasteiger partial charge in [0.2, 0.25) is 0 Å². The number of methoxy groups -OCH3 is 1. The van der Waals surface area contributed by atoms with Gasteiger partial charge in [0.05, 0.1) is 13.2 Å². The monoisotopic (exact) mass is 397 g/mol. The molecule has 1 unspecified atom stereocenters. The number of aryl methyl sites for hydroxylation is 2. The summed E-state index contributed by atoms with van der Waals surface area (Å²) in [6.45, 7) is 4.09. The topological polar surface area (TPSA) is 35.2 Å². The van der Waals surface area contributed by atoms with Gasteiger partial charge in [0, 0.05) is 14.5 Å². The third-order valence-electron chi connectivity index (χ3n) is 3.27. The Kier molecular flexibility index (Phi) is 4.89. The first-order chi connectivity index (χ1) is 9.42. The molecule has 0 fully saturated rings. The van der Waals surface area contributed by atoms with Crippen molar-refractivity contribution in [3.05, 3.63) is 61.5 Å². The molecular weight excluding hydrogens is 382 g/mol. The van der Waals surface area contributed by atoms with Crippen LogP contribution >= 0.6 is 31.9 Å². The van der Waals surface area contributed by atoms with E-state index in [1.165, 1.54) is 5.56 Å². The molecule has 20 heavy (non-hydrogen) atoms. The van der Waals surface area contributed by atoms with Crippen LogP contribution in [0.2, 0.25) is 0 Å². The second-order valence-corrected chi connectivity index (χ2v) is 6.65. The highest BCUT2D eigenvalue weighted by molar-refractivity contribution is 9.10. The molecule has 0 saturated carbocycles. The third kappa shape index (κ3) is 3.25. The van der Waals surface area contributed by atoms with Gasteiger partial charge in [-0.15, -0.1) is 0 Å². The summed E-state index contributed by atoms with van der Waals surface area (Å²) in [5, 5.41) is 0. The molecule has 0 aromatic heterocycles. The van der Waals surface area contributed by atoms with Crippen molar-refractivity contribution in [3.8, 4) is 5.75 Å². The Morgan fingerprint density at radius 3 is 2.35 bits per heavy atom. The Morgan fingerprint density at radius 1 is 1.05 bits per heavy atom. The number of hydrogen-bond donors (Lipinski definition) is 1. The zero-order chi connectivity index (χ0) is 14.9. The maximum atomic E-state index is 6.43. The van der Waals surface area contributed by atoms with Crippen LogP contribution in [0.25, 0.3) is 0 Å². The van der Waals surface area contributed by atoms with E-state index in [1.807, 2.05) is 25.1 Å². The van der Waals surface area contributed by atoms with Crippen LogP contribution in [-0.2, 0) is 0 Å². The van der Waals surface area contributed by atoms with E-state index >= 15 is 0 Å². The van der Waals surface area contributed by atoms with Gasteiger partial charge in [-0.1, -0.05) is 37.9 Å². The minimum atomic E-state index is -0.224. The van der Waals surface area contributed by atoms with Crippen molar-refractivity contribution in [2.45, 2.75) is 19.9 Å². The van der Waals surface area contributed by atoms with Gasteiger partial charge >= 0.3 is 0 Å². The number of nitrogens with two attached hydrogens (primary N) is 1. The Labute approximate surface area is 136 Å². The first-order valence-electron chi connectivity index (χ1n) is 6.29. The van der Waals surface area contributed by atoms with Crippen LogP contribution in [0.3, 0.4) is 0 Å². The molecule has 0 aliphatic carbocycles. The number of rotatable bonds is 3. The van der Waals surface area contributed by atoms with Crippen molar-refractivity contribution < 1.29 is 4.74 Å². The molecule has 2 N–H and O–H groups in total. The van der Waals surface area contributed by atoms with E-state index in [-0.39, 0.29) is 6.04 Å². The van der Waals surface area contributed by atoms with E-state index < -0.39 is 0 Å².